The summed E-state index contributed by atoms with van der Waals surface area (Å²) in [6.45, 7) is 0.361. The average molecular weight is 356 g/mol. The molecule has 1 saturated heterocycles. The number of epoxide rings is 1. The zero-order valence-corrected chi connectivity index (χ0v) is 13.0. The number of fused-ring (bicyclic) bond motifs is 1. The first-order valence-electron chi connectivity index (χ1n) is 6.94. The van der Waals surface area contributed by atoms with Crippen molar-refractivity contribution in [2.45, 2.75) is 17.9 Å². The van der Waals surface area contributed by atoms with E-state index in [2.05, 4.69) is 0 Å². The number of rotatable bonds is 5. The number of hydrogen-bond acceptors (Lipinski definition) is 5. The van der Waals surface area contributed by atoms with Crippen molar-refractivity contribution in [3.63, 3.8) is 0 Å². The van der Waals surface area contributed by atoms with Gasteiger partial charge in [0.15, 0.2) is 10.1 Å². The van der Waals surface area contributed by atoms with Crippen LogP contribution in [0.3, 0.4) is 0 Å². The number of amides is 1. The minimum Gasteiger partial charge on any atom is -0.743 e. The van der Waals surface area contributed by atoms with Crippen molar-refractivity contribution in [3.8, 4) is 0 Å². The lowest BCUT2D eigenvalue weighted by atomic mass is 10.0. The summed E-state index contributed by atoms with van der Waals surface area (Å²) >= 11 is 0. The molecule has 1 atom stereocenters. The molecule has 9 heteroatoms. The molecular formula is C15H12F2NO5S-. The van der Waals surface area contributed by atoms with Gasteiger partial charge < -0.3 is 14.6 Å². The van der Waals surface area contributed by atoms with Crippen molar-refractivity contribution in [2.24, 2.45) is 0 Å². The summed E-state index contributed by atoms with van der Waals surface area (Å²) in [5.41, 5.74) is 1.54. The molecule has 1 aliphatic rings. The largest absolute Gasteiger partial charge is 0.743 e. The van der Waals surface area contributed by atoms with Gasteiger partial charge in [-0.05, 0) is 34.0 Å². The predicted molar refractivity (Wildman–Crippen MR) is 79.1 cm³/mol. The van der Waals surface area contributed by atoms with E-state index in [1.54, 1.807) is 23.5 Å². The monoisotopic (exact) mass is 356 g/mol. The average Bonchev–Trinajstić information content (AvgIpc) is 3.35. The molecule has 2 aromatic carbocycles. The quantitative estimate of drug-likeness (QED) is 0.649. The van der Waals surface area contributed by atoms with Gasteiger partial charge in [0.2, 0.25) is 0 Å². The van der Waals surface area contributed by atoms with Gasteiger partial charge in [0.1, 0.15) is 6.10 Å². The number of hydrogen-bond donors (Lipinski definition) is 1. The molecule has 0 saturated carbocycles. The Morgan fingerprint density at radius 2 is 1.88 bits per heavy atom. The Morgan fingerprint density at radius 3 is 2.50 bits per heavy atom. The zero-order valence-electron chi connectivity index (χ0n) is 12.2. The fourth-order valence-corrected chi connectivity index (χ4v) is 2.56. The Balaban J connectivity index is 1.74. The molecule has 1 aliphatic heterocycles. The van der Waals surface area contributed by atoms with Crippen LogP contribution in [0.25, 0.3) is 10.8 Å². The molecule has 0 aliphatic carbocycles. The second-order valence-electron chi connectivity index (χ2n) is 5.42. The molecule has 1 N–H and O–H groups in total. The van der Waals surface area contributed by atoms with E-state index in [0.717, 1.165) is 16.3 Å². The van der Waals surface area contributed by atoms with Gasteiger partial charge in [0.25, 0.3) is 0 Å². The number of carbonyl (C=O) groups is 1. The molecular weight excluding hydrogens is 344 g/mol. The van der Waals surface area contributed by atoms with Gasteiger partial charge in [0, 0.05) is 6.54 Å². The van der Waals surface area contributed by atoms with E-state index in [4.69, 9.17) is 4.74 Å². The minimum absolute atomic E-state index is 0.115. The number of ether oxygens (including phenoxy) is 1. The molecule has 0 aromatic heterocycles. The van der Waals surface area contributed by atoms with Gasteiger partial charge in [-0.25, -0.2) is 8.42 Å². The van der Waals surface area contributed by atoms with E-state index in [1.165, 1.54) is 0 Å². The third kappa shape index (κ3) is 3.23. The van der Waals surface area contributed by atoms with Gasteiger partial charge in [0.05, 0.1) is 6.61 Å². The van der Waals surface area contributed by atoms with Gasteiger partial charge in [-0.1, -0.05) is 24.3 Å². The molecule has 128 valence electrons. The highest BCUT2D eigenvalue weighted by Crippen LogP contribution is 2.31. The Kier molecular flexibility index (Phi) is 4.02. The standard InChI is InChI=1S/C15H13F2NO5S/c16-15(17,24(20,21)22)14(19)18-7-9-1-2-11-6-12(13-8-23-13)4-3-10(11)5-9/h1-6,13H,7-8H2,(H,18,19)(H,20,21,22)/p-1. The zero-order chi connectivity index (χ0) is 17.5. The van der Waals surface area contributed by atoms with Gasteiger partial charge in [-0.3, -0.25) is 4.79 Å². The van der Waals surface area contributed by atoms with Crippen LogP contribution in [0.4, 0.5) is 8.78 Å². The maximum absolute atomic E-state index is 13.1. The number of nitrogens with one attached hydrogen (secondary N) is 1. The molecule has 1 unspecified atom stereocenters. The van der Waals surface area contributed by atoms with Crippen LogP contribution in [0.15, 0.2) is 36.4 Å². The van der Waals surface area contributed by atoms with Crippen LogP contribution in [0.1, 0.15) is 17.2 Å². The summed E-state index contributed by atoms with van der Waals surface area (Å²) < 4.78 is 62.5. The van der Waals surface area contributed by atoms with Crippen LogP contribution < -0.4 is 5.32 Å². The maximum Gasteiger partial charge on any atom is 0.410 e. The van der Waals surface area contributed by atoms with Crippen molar-refractivity contribution in [1.82, 2.24) is 5.32 Å². The highest BCUT2D eigenvalue weighted by atomic mass is 32.2. The summed E-state index contributed by atoms with van der Waals surface area (Å²) in [7, 11) is -6.05. The van der Waals surface area contributed by atoms with E-state index in [1.807, 2.05) is 18.2 Å². The lowest BCUT2D eigenvalue weighted by Crippen LogP contribution is -2.45. The van der Waals surface area contributed by atoms with Crippen LogP contribution in [0.2, 0.25) is 0 Å². The Hall–Kier alpha value is -2.10. The summed E-state index contributed by atoms with van der Waals surface area (Å²) in [6, 6.07) is 10.7. The number of carbonyl (C=O) groups excluding carboxylic acids is 1. The molecule has 3 rings (SSSR count). The summed E-state index contributed by atoms with van der Waals surface area (Å²) in [5, 5.41) is -1.49. The fourth-order valence-electron chi connectivity index (χ4n) is 2.26. The molecule has 1 amide bonds. The third-order valence-corrected chi connectivity index (χ3v) is 4.48. The summed E-state index contributed by atoms with van der Waals surface area (Å²) in [4.78, 5) is 11.2. The molecule has 1 heterocycles. The van der Waals surface area contributed by atoms with Gasteiger partial charge >= 0.3 is 11.2 Å². The second kappa shape index (κ2) is 5.76. The van der Waals surface area contributed by atoms with Crippen LogP contribution in [-0.2, 0) is 26.2 Å². The molecule has 1 fully saturated rings. The topological polar surface area (TPSA) is 98.8 Å². The Morgan fingerprint density at radius 1 is 1.25 bits per heavy atom. The van der Waals surface area contributed by atoms with Crippen molar-refractivity contribution < 1.29 is 31.3 Å². The molecule has 6 nitrogen and oxygen atoms in total. The molecule has 0 bridgehead atoms. The smallest absolute Gasteiger partial charge is 0.410 e. The molecule has 2 aromatic rings. The minimum atomic E-state index is -6.05. The second-order valence-corrected chi connectivity index (χ2v) is 6.84. The van der Waals surface area contributed by atoms with E-state index in [-0.39, 0.29) is 12.6 Å². The van der Waals surface area contributed by atoms with Crippen molar-refractivity contribution >= 4 is 26.8 Å². The van der Waals surface area contributed by atoms with Gasteiger partial charge in [-0.15, -0.1) is 0 Å². The molecule has 0 spiro atoms. The molecule has 0 radical (unpaired) electrons. The highest BCUT2D eigenvalue weighted by molar-refractivity contribution is 7.87. The lowest BCUT2D eigenvalue weighted by molar-refractivity contribution is -0.136. The fraction of sp³-hybridized carbons (Fsp3) is 0.267. The Labute approximate surface area is 136 Å². The SMILES string of the molecule is O=C(NCc1ccc2cc(C3CO3)ccc2c1)C(F)(F)S(=O)(=O)[O-]. The normalized spacial score (nSPS) is 17.7. The van der Waals surface area contributed by atoms with E-state index >= 15 is 0 Å². The van der Waals surface area contributed by atoms with Gasteiger partial charge in [-0.2, -0.15) is 8.78 Å². The first kappa shape index (κ1) is 16.7. The van der Waals surface area contributed by atoms with Crippen LogP contribution in [-0.4, -0.2) is 30.7 Å². The van der Waals surface area contributed by atoms with E-state index in [9.17, 15) is 26.5 Å². The van der Waals surface area contributed by atoms with Crippen LogP contribution in [0.5, 0.6) is 0 Å². The predicted octanol–water partition coefficient (Wildman–Crippen LogP) is 1.67. The van der Waals surface area contributed by atoms with Crippen LogP contribution in [0, 0.1) is 0 Å². The summed E-state index contributed by atoms with van der Waals surface area (Å²) in [6.07, 6.45) is 0.115. The molecule has 24 heavy (non-hydrogen) atoms. The lowest BCUT2D eigenvalue weighted by Gasteiger charge is -2.19. The maximum atomic E-state index is 13.1. The summed E-state index contributed by atoms with van der Waals surface area (Å²) in [5.74, 6) is -2.14. The third-order valence-electron chi connectivity index (χ3n) is 3.67. The van der Waals surface area contributed by atoms with Crippen molar-refractivity contribution in [2.75, 3.05) is 6.61 Å². The highest BCUT2D eigenvalue weighted by Gasteiger charge is 2.46. The van der Waals surface area contributed by atoms with E-state index < -0.39 is 21.3 Å². The van der Waals surface area contributed by atoms with Crippen LogP contribution >= 0.6 is 0 Å². The first-order chi connectivity index (χ1) is 11.2. The number of benzene rings is 2. The first-order valence-corrected chi connectivity index (χ1v) is 8.35. The number of halogens is 2. The van der Waals surface area contributed by atoms with Crippen molar-refractivity contribution in [1.29, 1.82) is 0 Å². The number of alkyl halides is 2. The van der Waals surface area contributed by atoms with E-state index in [0.29, 0.717) is 12.2 Å². The van der Waals surface area contributed by atoms with Crippen molar-refractivity contribution in [3.05, 3.63) is 47.5 Å². The Bertz CT molecular complexity index is 909.